The zero-order chi connectivity index (χ0) is 17.0. The molecule has 4 heteroatoms. The molecule has 0 saturated heterocycles. The Hall–Kier alpha value is -2.88. The Morgan fingerprint density at radius 2 is 1.70 bits per heavy atom. The molecule has 0 saturated carbocycles. The number of methoxy groups -OCH3 is 1. The van der Waals surface area contributed by atoms with Crippen molar-refractivity contribution in [2.24, 2.45) is 0 Å². The number of carbonyl (C=O) groups is 2. The molecule has 4 nitrogen and oxygen atoms in total. The monoisotopic (exact) mass is 310 g/mol. The maximum atomic E-state index is 11.6. The molecular weight excluding hydrogens is 292 g/mol. The Kier molecular flexibility index (Phi) is 4.96. The first kappa shape index (κ1) is 16.5. The summed E-state index contributed by atoms with van der Waals surface area (Å²) < 4.78 is 4.64. The third kappa shape index (κ3) is 3.86. The van der Waals surface area contributed by atoms with Crippen LogP contribution in [0.25, 0.3) is 11.6 Å². The zero-order valence-electron chi connectivity index (χ0n) is 13.3. The van der Waals surface area contributed by atoms with Gasteiger partial charge in [0.2, 0.25) is 0 Å². The van der Waals surface area contributed by atoms with Crippen molar-refractivity contribution in [2.75, 3.05) is 7.11 Å². The minimum atomic E-state index is -0.992. The van der Waals surface area contributed by atoms with E-state index < -0.39 is 11.9 Å². The van der Waals surface area contributed by atoms with Gasteiger partial charge in [-0.25, -0.2) is 9.59 Å². The maximum absolute atomic E-state index is 11.6. The average molecular weight is 310 g/mol. The van der Waals surface area contributed by atoms with Gasteiger partial charge in [-0.15, -0.1) is 0 Å². The molecule has 0 aliphatic carbocycles. The quantitative estimate of drug-likeness (QED) is 0.531. The first-order valence-corrected chi connectivity index (χ1v) is 7.13. The van der Waals surface area contributed by atoms with E-state index in [-0.39, 0.29) is 5.57 Å². The molecule has 0 unspecified atom stereocenters. The van der Waals surface area contributed by atoms with E-state index in [1.165, 1.54) is 7.11 Å². The zero-order valence-corrected chi connectivity index (χ0v) is 13.3. The van der Waals surface area contributed by atoms with Gasteiger partial charge in [0, 0.05) is 0 Å². The van der Waals surface area contributed by atoms with E-state index in [1.54, 1.807) is 30.3 Å². The largest absolute Gasteiger partial charge is 0.478 e. The van der Waals surface area contributed by atoms with Gasteiger partial charge in [-0.3, -0.25) is 0 Å². The number of carbonyl (C=O) groups excluding carboxylic acids is 1. The predicted octanol–water partition coefficient (Wildman–Crippen LogP) is 3.72. The van der Waals surface area contributed by atoms with Gasteiger partial charge in [0.15, 0.2) is 0 Å². The summed E-state index contributed by atoms with van der Waals surface area (Å²) in [5.41, 5.74) is 4.01. The Bertz CT molecular complexity index is 770. The third-order valence-corrected chi connectivity index (χ3v) is 3.55. The number of hydrogen-bond donors (Lipinski definition) is 1. The number of ether oxygens (including phenoxy) is 1. The van der Waals surface area contributed by atoms with Gasteiger partial charge in [-0.2, -0.15) is 0 Å². The minimum Gasteiger partial charge on any atom is -0.478 e. The lowest BCUT2D eigenvalue weighted by atomic mass is 9.96. The highest BCUT2D eigenvalue weighted by Crippen LogP contribution is 2.23. The number of aliphatic carboxylic acids is 1. The molecule has 0 amide bonds. The summed E-state index contributed by atoms with van der Waals surface area (Å²) in [6.45, 7) is 3.85. The normalized spacial score (nSPS) is 11.2. The van der Waals surface area contributed by atoms with Crippen molar-refractivity contribution in [1.82, 2.24) is 0 Å². The van der Waals surface area contributed by atoms with Gasteiger partial charge in [0.1, 0.15) is 0 Å². The van der Waals surface area contributed by atoms with Gasteiger partial charge in [0.25, 0.3) is 0 Å². The molecule has 2 aromatic rings. The van der Waals surface area contributed by atoms with Crippen LogP contribution in [0.15, 0.2) is 42.5 Å². The van der Waals surface area contributed by atoms with Crippen molar-refractivity contribution >= 4 is 23.6 Å². The van der Waals surface area contributed by atoms with Crippen molar-refractivity contribution in [1.29, 1.82) is 0 Å². The van der Waals surface area contributed by atoms with Crippen LogP contribution in [0.4, 0.5) is 0 Å². The lowest BCUT2D eigenvalue weighted by Gasteiger charge is -2.08. The number of hydrogen-bond acceptors (Lipinski definition) is 3. The molecule has 0 aromatic heterocycles. The molecule has 0 fully saturated rings. The molecule has 0 aliphatic heterocycles. The molecule has 23 heavy (non-hydrogen) atoms. The molecule has 0 spiro atoms. The number of benzene rings is 2. The van der Waals surface area contributed by atoms with Crippen LogP contribution in [-0.4, -0.2) is 24.2 Å². The number of rotatable bonds is 4. The topological polar surface area (TPSA) is 63.6 Å². The highest BCUT2D eigenvalue weighted by molar-refractivity contribution is 6.21. The van der Waals surface area contributed by atoms with E-state index in [4.69, 9.17) is 0 Å². The molecule has 118 valence electrons. The second-order valence-electron chi connectivity index (χ2n) is 5.30. The summed E-state index contributed by atoms with van der Waals surface area (Å²) in [5.74, 6) is -1.41. The molecule has 1 N–H and O–H groups in total. The van der Waals surface area contributed by atoms with E-state index in [0.29, 0.717) is 16.7 Å². The summed E-state index contributed by atoms with van der Waals surface area (Å²) in [4.78, 5) is 23.0. The fraction of sp³-hybridized carbons (Fsp3) is 0.158. The van der Waals surface area contributed by atoms with Crippen molar-refractivity contribution in [3.05, 3.63) is 70.3 Å². The molecule has 0 bridgehead atoms. The number of carboxylic acid groups (broad SMARTS) is 1. The summed E-state index contributed by atoms with van der Waals surface area (Å²) in [6.07, 6.45) is 1.60. The lowest BCUT2D eigenvalue weighted by Crippen LogP contribution is -2.02. The summed E-state index contributed by atoms with van der Waals surface area (Å²) >= 11 is 0. The fourth-order valence-electron chi connectivity index (χ4n) is 2.37. The molecule has 0 heterocycles. The molecule has 2 rings (SSSR count). The van der Waals surface area contributed by atoms with Crippen LogP contribution < -0.4 is 0 Å². The SMILES string of the molecule is COC(=O)c1ccc(/C=C(\C(=O)O)c2ccc(C)cc2C)cc1. The van der Waals surface area contributed by atoms with Crippen molar-refractivity contribution < 1.29 is 19.4 Å². The van der Waals surface area contributed by atoms with Crippen LogP contribution in [0.1, 0.15) is 32.6 Å². The van der Waals surface area contributed by atoms with Crippen LogP contribution in [0, 0.1) is 13.8 Å². The number of carboxylic acids is 1. The predicted molar refractivity (Wildman–Crippen MR) is 89.2 cm³/mol. The number of esters is 1. The van der Waals surface area contributed by atoms with E-state index >= 15 is 0 Å². The fourth-order valence-corrected chi connectivity index (χ4v) is 2.37. The van der Waals surface area contributed by atoms with Crippen LogP contribution >= 0.6 is 0 Å². The second kappa shape index (κ2) is 6.92. The molecule has 0 radical (unpaired) electrons. The lowest BCUT2D eigenvalue weighted by molar-refractivity contribution is -0.130. The van der Waals surface area contributed by atoms with Gasteiger partial charge in [-0.05, 0) is 48.7 Å². The van der Waals surface area contributed by atoms with Crippen molar-refractivity contribution in [2.45, 2.75) is 13.8 Å². The summed E-state index contributed by atoms with van der Waals surface area (Å²) in [6, 6.07) is 12.3. The minimum absolute atomic E-state index is 0.216. The van der Waals surface area contributed by atoms with E-state index in [2.05, 4.69) is 4.74 Å². The second-order valence-corrected chi connectivity index (χ2v) is 5.30. The van der Waals surface area contributed by atoms with Crippen molar-refractivity contribution in [3.8, 4) is 0 Å². The maximum Gasteiger partial charge on any atom is 0.337 e. The highest BCUT2D eigenvalue weighted by Gasteiger charge is 2.13. The molecular formula is C19H18O4. The Labute approximate surface area is 135 Å². The highest BCUT2D eigenvalue weighted by atomic mass is 16.5. The van der Waals surface area contributed by atoms with E-state index in [1.807, 2.05) is 32.0 Å². The first-order chi connectivity index (χ1) is 10.9. The first-order valence-electron chi connectivity index (χ1n) is 7.13. The Morgan fingerprint density at radius 1 is 1.04 bits per heavy atom. The van der Waals surface area contributed by atoms with Gasteiger partial charge < -0.3 is 9.84 Å². The van der Waals surface area contributed by atoms with Crippen LogP contribution in [-0.2, 0) is 9.53 Å². The average Bonchev–Trinajstić information content (AvgIpc) is 2.53. The van der Waals surface area contributed by atoms with Gasteiger partial charge >= 0.3 is 11.9 Å². The molecule has 2 aromatic carbocycles. The van der Waals surface area contributed by atoms with E-state index in [9.17, 15) is 14.7 Å². The van der Waals surface area contributed by atoms with E-state index in [0.717, 1.165) is 11.1 Å². The Morgan fingerprint density at radius 3 is 2.22 bits per heavy atom. The standard InChI is InChI=1S/C19H18O4/c1-12-4-9-16(13(2)10-12)17(18(20)21)11-14-5-7-15(8-6-14)19(22)23-3/h4-11H,1-3H3,(H,20,21)/b17-11-. The number of aryl methyl sites for hydroxylation is 2. The molecule has 0 aliphatic rings. The van der Waals surface area contributed by atoms with Crippen molar-refractivity contribution in [3.63, 3.8) is 0 Å². The van der Waals surface area contributed by atoms with Gasteiger partial charge in [-0.1, -0.05) is 35.9 Å². The summed E-state index contributed by atoms with van der Waals surface area (Å²) in [5, 5.41) is 9.52. The third-order valence-electron chi connectivity index (χ3n) is 3.55. The van der Waals surface area contributed by atoms with Crippen LogP contribution in [0.3, 0.4) is 0 Å². The van der Waals surface area contributed by atoms with Crippen LogP contribution in [0.5, 0.6) is 0 Å². The summed E-state index contributed by atoms with van der Waals surface area (Å²) in [7, 11) is 1.32. The molecule has 0 atom stereocenters. The smallest absolute Gasteiger partial charge is 0.337 e. The van der Waals surface area contributed by atoms with Crippen LogP contribution in [0.2, 0.25) is 0 Å². The van der Waals surface area contributed by atoms with Gasteiger partial charge in [0.05, 0.1) is 18.2 Å². The Balaban J connectivity index is 2.43.